The lowest BCUT2D eigenvalue weighted by Crippen LogP contribution is -2.56. The molecule has 1 aromatic carbocycles. The van der Waals surface area contributed by atoms with Crippen LogP contribution >= 0.6 is 0 Å². The zero-order valence-corrected chi connectivity index (χ0v) is 10.9. The average Bonchev–Trinajstić information content (AvgIpc) is 2.38. The Kier molecular flexibility index (Phi) is 3.99. The molecule has 0 spiro atoms. The van der Waals surface area contributed by atoms with Crippen molar-refractivity contribution in [2.45, 2.75) is 25.9 Å². The van der Waals surface area contributed by atoms with Crippen LogP contribution in [0.1, 0.15) is 24.2 Å². The third kappa shape index (κ3) is 2.89. The minimum absolute atomic E-state index is 0.0865. The SMILES string of the molecule is CC(=O)c1ccc(N2CC(C)NC(CO)C2)cc1. The van der Waals surface area contributed by atoms with E-state index in [9.17, 15) is 9.90 Å². The van der Waals surface area contributed by atoms with E-state index in [0.717, 1.165) is 24.3 Å². The highest BCUT2D eigenvalue weighted by Crippen LogP contribution is 2.18. The van der Waals surface area contributed by atoms with Crippen LogP contribution < -0.4 is 10.2 Å². The fourth-order valence-corrected chi connectivity index (χ4v) is 2.41. The molecular weight excluding hydrogens is 228 g/mol. The van der Waals surface area contributed by atoms with Gasteiger partial charge in [0.25, 0.3) is 0 Å². The normalized spacial score (nSPS) is 24.1. The predicted molar refractivity (Wildman–Crippen MR) is 72.1 cm³/mol. The number of nitrogens with zero attached hydrogens (tertiary/aromatic N) is 1. The number of carbonyl (C=O) groups is 1. The van der Waals surface area contributed by atoms with Crippen molar-refractivity contribution in [2.24, 2.45) is 0 Å². The monoisotopic (exact) mass is 248 g/mol. The van der Waals surface area contributed by atoms with Gasteiger partial charge >= 0.3 is 0 Å². The second-order valence-electron chi connectivity index (χ2n) is 4.96. The van der Waals surface area contributed by atoms with Crippen LogP contribution in [0.3, 0.4) is 0 Å². The molecule has 0 radical (unpaired) electrons. The van der Waals surface area contributed by atoms with Crippen LogP contribution in [0.15, 0.2) is 24.3 Å². The van der Waals surface area contributed by atoms with Gasteiger partial charge < -0.3 is 15.3 Å². The van der Waals surface area contributed by atoms with Crippen molar-refractivity contribution in [1.82, 2.24) is 5.32 Å². The first kappa shape index (κ1) is 13.1. The molecule has 1 fully saturated rings. The Hall–Kier alpha value is -1.39. The standard InChI is InChI=1S/C14H20N2O2/c1-10-7-16(8-13(9-17)15-10)14-5-3-12(4-6-14)11(2)18/h3-6,10,13,15,17H,7-9H2,1-2H3. The summed E-state index contributed by atoms with van der Waals surface area (Å²) < 4.78 is 0. The summed E-state index contributed by atoms with van der Waals surface area (Å²) in [5.41, 5.74) is 1.84. The topological polar surface area (TPSA) is 52.6 Å². The summed E-state index contributed by atoms with van der Waals surface area (Å²) in [6.45, 7) is 5.53. The van der Waals surface area contributed by atoms with Gasteiger partial charge in [-0.3, -0.25) is 4.79 Å². The van der Waals surface area contributed by atoms with E-state index in [0.29, 0.717) is 6.04 Å². The number of ketones is 1. The number of anilines is 1. The van der Waals surface area contributed by atoms with Crippen molar-refractivity contribution in [1.29, 1.82) is 0 Å². The van der Waals surface area contributed by atoms with E-state index >= 15 is 0 Å². The lowest BCUT2D eigenvalue weighted by Gasteiger charge is -2.38. The Morgan fingerprint density at radius 1 is 1.39 bits per heavy atom. The van der Waals surface area contributed by atoms with E-state index in [1.807, 2.05) is 24.3 Å². The highest BCUT2D eigenvalue weighted by Gasteiger charge is 2.23. The zero-order valence-electron chi connectivity index (χ0n) is 10.9. The zero-order chi connectivity index (χ0) is 13.1. The number of carbonyl (C=O) groups excluding carboxylic acids is 1. The molecule has 18 heavy (non-hydrogen) atoms. The average molecular weight is 248 g/mol. The van der Waals surface area contributed by atoms with E-state index in [4.69, 9.17) is 0 Å². The number of piperazine rings is 1. The molecule has 2 rings (SSSR count). The number of aliphatic hydroxyl groups excluding tert-OH is 1. The maximum Gasteiger partial charge on any atom is 0.159 e. The third-order valence-corrected chi connectivity index (χ3v) is 3.31. The fraction of sp³-hybridized carbons (Fsp3) is 0.500. The van der Waals surface area contributed by atoms with Gasteiger partial charge in [-0.15, -0.1) is 0 Å². The second kappa shape index (κ2) is 5.50. The summed E-state index contributed by atoms with van der Waals surface area (Å²) >= 11 is 0. The summed E-state index contributed by atoms with van der Waals surface area (Å²) in [6.07, 6.45) is 0. The smallest absolute Gasteiger partial charge is 0.159 e. The molecule has 1 aromatic rings. The van der Waals surface area contributed by atoms with Crippen molar-refractivity contribution in [3.8, 4) is 0 Å². The van der Waals surface area contributed by atoms with Crippen LogP contribution in [0.25, 0.3) is 0 Å². The highest BCUT2D eigenvalue weighted by molar-refractivity contribution is 5.94. The lowest BCUT2D eigenvalue weighted by molar-refractivity contribution is 0.101. The molecule has 0 aliphatic carbocycles. The van der Waals surface area contributed by atoms with Gasteiger partial charge in [-0.2, -0.15) is 0 Å². The van der Waals surface area contributed by atoms with E-state index in [-0.39, 0.29) is 18.4 Å². The Morgan fingerprint density at radius 3 is 2.61 bits per heavy atom. The highest BCUT2D eigenvalue weighted by atomic mass is 16.3. The Bertz CT molecular complexity index is 416. The van der Waals surface area contributed by atoms with Gasteiger partial charge in [0, 0.05) is 36.4 Å². The number of aliphatic hydroxyl groups is 1. The number of rotatable bonds is 3. The maximum atomic E-state index is 11.2. The number of benzene rings is 1. The van der Waals surface area contributed by atoms with E-state index in [1.54, 1.807) is 6.92 Å². The Labute approximate surface area is 108 Å². The number of Topliss-reactive ketones (excluding diaryl/α,β-unsaturated/α-hetero) is 1. The second-order valence-corrected chi connectivity index (χ2v) is 4.96. The minimum atomic E-state index is 0.0865. The van der Waals surface area contributed by atoms with Gasteiger partial charge in [0.15, 0.2) is 5.78 Å². The van der Waals surface area contributed by atoms with Gasteiger partial charge in [0.1, 0.15) is 0 Å². The van der Waals surface area contributed by atoms with E-state index in [1.165, 1.54) is 0 Å². The Balaban J connectivity index is 2.12. The minimum Gasteiger partial charge on any atom is -0.395 e. The summed E-state index contributed by atoms with van der Waals surface area (Å²) in [5.74, 6) is 0.0865. The van der Waals surface area contributed by atoms with E-state index in [2.05, 4.69) is 17.1 Å². The van der Waals surface area contributed by atoms with Crippen molar-refractivity contribution in [3.63, 3.8) is 0 Å². The summed E-state index contributed by atoms with van der Waals surface area (Å²) in [5, 5.41) is 12.6. The van der Waals surface area contributed by atoms with Gasteiger partial charge in [0.05, 0.1) is 6.61 Å². The quantitative estimate of drug-likeness (QED) is 0.785. The van der Waals surface area contributed by atoms with Crippen LogP contribution in [0.2, 0.25) is 0 Å². The first-order valence-electron chi connectivity index (χ1n) is 6.33. The summed E-state index contributed by atoms with van der Waals surface area (Å²) in [4.78, 5) is 13.5. The van der Waals surface area contributed by atoms with Crippen molar-refractivity contribution in [3.05, 3.63) is 29.8 Å². The summed E-state index contributed by atoms with van der Waals surface area (Å²) in [7, 11) is 0. The molecule has 4 nitrogen and oxygen atoms in total. The van der Waals surface area contributed by atoms with E-state index < -0.39 is 0 Å². The van der Waals surface area contributed by atoms with Crippen LogP contribution in [0, 0.1) is 0 Å². The Morgan fingerprint density at radius 2 is 2.06 bits per heavy atom. The van der Waals surface area contributed by atoms with Crippen LogP contribution in [0.5, 0.6) is 0 Å². The van der Waals surface area contributed by atoms with Crippen LogP contribution in [-0.4, -0.2) is 42.7 Å². The molecule has 1 aliphatic heterocycles. The fourth-order valence-electron chi connectivity index (χ4n) is 2.41. The molecule has 0 amide bonds. The van der Waals surface area contributed by atoms with Gasteiger partial charge in [-0.25, -0.2) is 0 Å². The molecule has 0 aromatic heterocycles. The third-order valence-electron chi connectivity index (χ3n) is 3.31. The van der Waals surface area contributed by atoms with Gasteiger partial charge in [-0.1, -0.05) is 0 Å². The lowest BCUT2D eigenvalue weighted by atomic mass is 10.1. The molecule has 1 saturated heterocycles. The number of hydrogen-bond donors (Lipinski definition) is 2. The first-order chi connectivity index (χ1) is 8.60. The molecule has 1 heterocycles. The molecule has 2 N–H and O–H groups in total. The van der Waals surface area contributed by atoms with Crippen LogP contribution in [0.4, 0.5) is 5.69 Å². The molecule has 4 heteroatoms. The van der Waals surface area contributed by atoms with Gasteiger partial charge in [0.2, 0.25) is 0 Å². The number of hydrogen-bond acceptors (Lipinski definition) is 4. The van der Waals surface area contributed by atoms with Crippen LogP contribution in [-0.2, 0) is 0 Å². The molecule has 2 atom stereocenters. The van der Waals surface area contributed by atoms with Gasteiger partial charge in [-0.05, 0) is 38.1 Å². The van der Waals surface area contributed by atoms with Crippen molar-refractivity contribution >= 4 is 11.5 Å². The molecular formula is C14H20N2O2. The largest absolute Gasteiger partial charge is 0.395 e. The first-order valence-corrected chi connectivity index (χ1v) is 6.33. The predicted octanol–water partition coefficient (Wildman–Crippen LogP) is 1.05. The molecule has 0 bridgehead atoms. The molecule has 98 valence electrons. The molecule has 2 unspecified atom stereocenters. The number of nitrogens with one attached hydrogen (secondary N) is 1. The van der Waals surface area contributed by atoms with Crippen molar-refractivity contribution in [2.75, 3.05) is 24.6 Å². The summed E-state index contributed by atoms with van der Waals surface area (Å²) in [6, 6.07) is 8.13. The van der Waals surface area contributed by atoms with Crippen molar-refractivity contribution < 1.29 is 9.90 Å². The maximum absolute atomic E-state index is 11.2. The molecule has 1 aliphatic rings. The molecule has 0 saturated carbocycles.